The maximum absolute atomic E-state index is 12.6. The maximum atomic E-state index is 12.6. The van der Waals surface area contributed by atoms with Crippen LogP contribution >= 0.6 is 22.9 Å². The minimum atomic E-state index is -3.66. The number of nitrogen functional groups attached to an aromatic ring is 1. The molecule has 1 aromatic carbocycles. The van der Waals surface area contributed by atoms with Gasteiger partial charge in [0.2, 0.25) is 10.0 Å². The van der Waals surface area contributed by atoms with Crippen molar-refractivity contribution in [2.45, 2.75) is 17.9 Å². The predicted octanol–water partition coefficient (Wildman–Crippen LogP) is 3.37. The molecule has 0 aliphatic carbocycles. The summed E-state index contributed by atoms with van der Waals surface area (Å²) < 4.78 is 26.5. The van der Waals surface area contributed by atoms with Crippen LogP contribution in [0.5, 0.6) is 0 Å². The molecule has 2 rings (SSSR count). The quantitative estimate of drug-likeness (QED) is 0.874. The summed E-state index contributed by atoms with van der Waals surface area (Å²) in [6.45, 7) is 1.84. The molecule has 0 fully saturated rings. The van der Waals surface area contributed by atoms with Crippen molar-refractivity contribution in [3.05, 3.63) is 45.6 Å². The summed E-state index contributed by atoms with van der Waals surface area (Å²) in [4.78, 5) is 1.05. The Morgan fingerprint density at radius 2 is 2.05 bits per heavy atom. The molecule has 0 aliphatic heterocycles. The number of sulfonamides is 1. The number of rotatable bonds is 4. The van der Waals surface area contributed by atoms with E-state index in [1.807, 2.05) is 24.4 Å². The summed E-state index contributed by atoms with van der Waals surface area (Å²) in [5.41, 5.74) is 5.93. The number of anilines is 1. The monoisotopic (exact) mass is 330 g/mol. The van der Waals surface area contributed by atoms with Crippen molar-refractivity contribution in [3.8, 4) is 0 Å². The van der Waals surface area contributed by atoms with Gasteiger partial charge >= 0.3 is 0 Å². The molecular formula is C13H15ClN2O2S2. The van der Waals surface area contributed by atoms with E-state index in [1.165, 1.54) is 33.8 Å². The number of halogens is 1. The number of nitrogens with zero attached hydrogens (tertiary/aromatic N) is 1. The van der Waals surface area contributed by atoms with E-state index in [0.29, 0.717) is 5.02 Å². The summed E-state index contributed by atoms with van der Waals surface area (Å²) in [6, 6.07) is 7.95. The first-order valence-corrected chi connectivity index (χ1v) is 8.60. The van der Waals surface area contributed by atoms with Gasteiger partial charge in [-0.25, -0.2) is 8.42 Å². The van der Waals surface area contributed by atoms with Gasteiger partial charge in [-0.2, -0.15) is 4.31 Å². The van der Waals surface area contributed by atoms with Crippen LogP contribution in [-0.2, 0) is 10.0 Å². The molecule has 0 saturated carbocycles. The van der Waals surface area contributed by atoms with E-state index in [2.05, 4.69) is 0 Å². The van der Waals surface area contributed by atoms with Crippen LogP contribution in [0.25, 0.3) is 0 Å². The van der Waals surface area contributed by atoms with E-state index in [4.69, 9.17) is 17.3 Å². The van der Waals surface area contributed by atoms with Crippen LogP contribution in [0.3, 0.4) is 0 Å². The highest BCUT2D eigenvalue weighted by Gasteiger charge is 2.28. The van der Waals surface area contributed by atoms with Crippen molar-refractivity contribution in [2.24, 2.45) is 0 Å². The van der Waals surface area contributed by atoms with Gasteiger partial charge in [-0.1, -0.05) is 17.7 Å². The predicted molar refractivity (Wildman–Crippen MR) is 83.5 cm³/mol. The molecule has 2 aromatic rings. The first kappa shape index (κ1) is 15.3. The molecule has 7 heteroatoms. The molecule has 4 nitrogen and oxygen atoms in total. The molecule has 1 aromatic heterocycles. The molecule has 2 N–H and O–H groups in total. The smallest absolute Gasteiger partial charge is 0.245 e. The summed E-state index contributed by atoms with van der Waals surface area (Å²) >= 11 is 7.32. The normalized spacial score (nSPS) is 13.6. The fourth-order valence-electron chi connectivity index (χ4n) is 1.83. The number of nitrogens with two attached hydrogens (primary N) is 1. The molecular weight excluding hydrogens is 316 g/mol. The third-order valence-electron chi connectivity index (χ3n) is 3.13. The summed E-state index contributed by atoms with van der Waals surface area (Å²) in [7, 11) is -2.11. The largest absolute Gasteiger partial charge is 0.398 e. The molecule has 20 heavy (non-hydrogen) atoms. The van der Waals surface area contributed by atoms with Crippen LogP contribution in [-0.4, -0.2) is 19.8 Å². The summed E-state index contributed by atoms with van der Waals surface area (Å²) in [6.07, 6.45) is 0. The van der Waals surface area contributed by atoms with Crippen LogP contribution in [0.4, 0.5) is 5.69 Å². The SMILES string of the molecule is CC(c1cccs1)N(C)S(=O)(=O)c1ccc(Cl)cc1N. The number of thiophene rings is 1. The highest BCUT2D eigenvalue weighted by Crippen LogP contribution is 2.31. The van der Waals surface area contributed by atoms with Gasteiger partial charge in [0, 0.05) is 16.9 Å². The van der Waals surface area contributed by atoms with Crippen molar-refractivity contribution in [2.75, 3.05) is 12.8 Å². The van der Waals surface area contributed by atoms with Crippen LogP contribution < -0.4 is 5.73 Å². The van der Waals surface area contributed by atoms with Crippen LogP contribution in [0.1, 0.15) is 17.8 Å². The van der Waals surface area contributed by atoms with Crippen LogP contribution in [0, 0.1) is 0 Å². The molecule has 0 saturated heterocycles. The van der Waals surface area contributed by atoms with E-state index in [1.54, 1.807) is 7.05 Å². The molecule has 108 valence electrons. The highest BCUT2D eigenvalue weighted by molar-refractivity contribution is 7.89. The summed E-state index contributed by atoms with van der Waals surface area (Å²) in [5, 5.41) is 2.33. The van der Waals surface area contributed by atoms with Gasteiger partial charge in [-0.3, -0.25) is 0 Å². The van der Waals surface area contributed by atoms with Crippen LogP contribution in [0.15, 0.2) is 40.6 Å². The maximum Gasteiger partial charge on any atom is 0.245 e. The zero-order valence-electron chi connectivity index (χ0n) is 11.1. The molecule has 0 aliphatic rings. The summed E-state index contributed by atoms with van der Waals surface area (Å²) in [5.74, 6) is 0. The molecule has 0 spiro atoms. The lowest BCUT2D eigenvalue weighted by atomic mass is 10.3. The Morgan fingerprint density at radius 1 is 1.35 bits per heavy atom. The first-order valence-electron chi connectivity index (χ1n) is 5.90. The van der Waals surface area contributed by atoms with Gasteiger partial charge in [0.25, 0.3) is 0 Å². The van der Waals surface area contributed by atoms with E-state index in [9.17, 15) is 8.42 Å². The molecule has 1 atom stereocenters. The topological polar surface area (TPSA) is 63.4 Å². The average molecular weight is 331 g/mol. The fourth-order valence-corrected chi connectivity index (χ4v) is 4.34. The number of benzene rings is 1. The Hall–Kier alpha value is -1.08. The second kappa shape index (κ2) is 5.73. The van der Waals surface area contributed by atoms with Gasteiger partial charge < -0.3 is 5.73 Å². The van der Waals surface area contributed by atoms with E-state index in [-0.39, 0.29) is 16.6 Å². The molecule has 0 bridgehead atoms. The number of hydrogen-bond donors (Lipinski definition) is 1. The Bertz CT molecular complexity index is 699. The lowest BCUT2D eigenvalue weighted by molar-refractivity contribution is 0.403. The highest BCUT2D eigenvalue weighted by atomic mass is 35.5. The lowest BCUT2D eigenvalue weighted by Gasteiger charge is -2.24. The fraction of sp³-hybridized carbons (Fsp3) is 0.231. The lowest BCUT2D eigenvalue weighted by Crippen LogP contribution is -2.30. The average Bonchev–Trinajstić information content (AvgIpc) is 2.90. The second-order valence-corrected chi connectivity index (χ2v) is 7.78. The minimum absolute atomic E-state index is 0.0767. The van der Waals surface area contributed by atoms with Gasteiger partial charge in [-0.05, 0) is 36.6 Å². The number of hydrogen-bond acceptors (Lipinski definition) is 4. The molecule has 0 amide bonds. The van der Waals surface area contributed by atoms with Crippen LogP contribution in [0.2, 0.25) is 5.02 Å². The van der Waals surface area contributed by atoms with Crippen molar-refractivity contribution >= 4 is 38.6 Å². The van der Waals surface area contributed by atoms with Gasteiger partial charge in [0.05, 0.1) is 11.7 Å². The Morgan fingerprint density at radius 3 is 2.60 bits per heavy atom. The molecule has 1 heterocycles. The zero-order chi connectivity index (χ0) is 14.9. The minimum Gasteiger partial charge on any atom is -0.398 e. The Labute approximate surface area is 127 Å². The first-order chi connectivity index (χ1) is 9.34. The Balaban J connectivity index is 2.39. The van der Waals surface area contributed by atoms with Gasteiger partial charge in [0.15, 0.2) is 0 Å². The molecule has 0 radical (unpaired) electrons. The van der Waals surface area contributed by atoms with Crippen molar-refractivity contribution in [1.29, 1.82) is 0 Å². The van der Waals surface area contributed by atoms with Gasteiger partial charge in [0.1, 0.15) is 4.90 Å². The van der Waals surface area contributed by atoms with Crippen molar-refractivity contribution in [3.63, 3.8) is 0 Å². The third-order valence-corrected chi connectivity index (χ3v) is 6.41. The van der Waals surface area contributed by atoms with E-state index in [0.717, 1.165) is 4.88 Å². The second-order valence-electron chi connectivity index (χ2n) is 4.39. The third kappa shape index (κ3) is 2.83. The standard InChI is InChI=1S/C13H15ClN2O2S2/c1-9(12-4-3-7-19-12)16(2)20(17,18)13-6-5-10(14)8-11(13)15/h3-9H,15H2,1-2H3. The Kier molecular flexibility index (Phi) is 4.39. The van der Waals surface area contributed by atoms with Crippen molar-refractivity contribution in [1.82, 2.24) is 4.31 Å². The van der Waals surface area contributed by atoms with E-state index >= 15 is 0 Å². The molecule has 1 unspecified atom stereocenters. The van der Waals surface area contributed by atoms with E-state index < -0.39 is 10.0 Å². The zero-order valence-corrected chi connectivity index (χ0v) is 13.5. The van der Waals surface area contributed by atoms with Crippen molar-refractivity contribution < 1.29 is 8.42 Å². The van der Waals surface area contributed by atoms with Gasteiger partial charge in [-0.15, -0.1) is 11.3 Å².